The van der Waals surface area contributed by atoms with Gasteiger partial charge in [0, 0.05) is 25.6 Å². The molecule has 0 bridgehead atoms. The molecule has 1 fully saturated rings. The minimum absolute atomic E-state index is 0.0129. The van der Waals surface area contributed by atoms with Crippen molar-refractivity contribution in [1.29, 1.82) is 0 Å². The maximum absolute atomic E-state index is 13.4. The molecule has 1 aliphatic heterocycles. The fourth-order valence-electron chi connectivity index (χ4n) is 4.77. The number of sulfonamides is 1. The van der Waals surface area contributed by atoms with Crippen LogP contribution >= 0.6 is 0 Å². The molecule has 1 amide bonds. The third-order valence-corrected chi connectivity index (χ3v) is 7.69. The van der Waals surface area contributed by atoms with Crippen molar-refractivity contribution in [3.63, 3.8) is 0 Å². The summed E-state index contributed by atoms with van der Waals surface area (Å²) in [6.45, 7) is 5.20. The van der Waals surface area contributed by atoms with Crippen molar-refractivity contribution < 1.29 is 17.7 Å². The molecule has 2 heterocycles. The fraction of sp³-hybridized carbons (Fsp3) is 0.571. The molecule has 1 unspecified atom stereocenters. The molecule has 9 heteroatoms. The number of amides is 1. The van der Waals surface area contributed by atoms with E-state index in [9.17, 15) is 13.2 Å². The van der Waals surface area contributed by atoms with E-state index in [2.05, 4.69) is 14.9 Å². The van der Waals surface area contributed by atoms with Gasteiger partial charge in [0.05, 0.1) is 10.4 Å². The molecular weight excluding hydrogens is 404 g/mol. The smallest absolute Gasteiger partial charge is 0.241 e. The van der Waals surface area contributed by atoms with Crippen molar-refractivity contribution in [3.05, 3.63) is 35.5 Å². The zero-order valence-corrected chi connectivity index (χ0v) is 18.5. The van der Waals surface area contributed by atoms with Gasteiger partial charge in [0.2, 0.25) is 21.8 Å². The molecule has 30 heavy (non-hydrogen) atoms. The quantitative estimate of drug-likeness (QED) is 0.744. The van der Waals surface area contributed by atoms with E-state index in [4.69, 9.17) is 4.52 Å². The summed E-state index contributed by atoms with van der Waals surface area (Å²) in [7, 11) is -3.83. The van der Waals surface area contributed by atoms with Gasteiger partial charge in [-0.1, -0.05) is 30.8 Å². The lowest BCUT2D eigenvalue weighted by atomic mass is 9.91. The lowest BCUT2D eigenvalue weighted by molar-refractivity contribution is -0.116. The second kappa shape index (κ2) is 7.77. The van der Waals surface area contributed by atoms with Crippen LogP contribution in [0.3, 0.4) is 0 Å². The largest absolute Gasteiger partial charge is 0.340 e. The second-order valence-corrected chi connectivity index (χ2v) is 10.2. The molecule has 1 aromatic heterocycles. The highest BCUT2D eigenvalue weighted by molar-refractivity contribution is 7.89. The lowest BCUT2D eigenvalue weighted by Gasteiger charge is -2.30. The molecule has 4 rings (SSSR count). The molecule has 1 aromatic carbocycles. The monoisotopic (exact) mass is 432 g/mol. The first-order chi connectivity index (χ1) is 14.2. The summed E-state index contributed by atoms with van der Waals surface area (Å²) in [6.07, 6.45) is 5.79. The average Bonchev–Trinajstić information content (AvgIpc) is 3.17. The second-order valence-electron chi connectivity index (χ2n) is 8.47. The molecular formula is C21H28N4O4S. The minimum atomic E-state index is -3.83. The van der Waals surface area contributed by atoms with Crippen LogP contribution in [-0.2, 0) is 26.8 Å². The first-order valence-electron chi connectivity index (χ1n) is 10.5. The maximum atomic E-state index is 13.4. The van der Waals surface area contributed by atoms with Crippen LogP contribution in [0.2, 0.25) is 0 Å². The molecule has 162 valence electrons. The van der Waals surface area contributed by atoms with Crippen molar-refractivity contribution in [2.45, 2.75) is 82.2 Å². The Kier molecular flexibility index (Phi) is 5.44. The number of carbonyl (C=O) groups is 1. The van der Waals surface area contributed by atoms with Crippen LogP contribution in [0.15, 0.2) is 27.6 Å². The number of anilines is 1. The SMILES string of the molecule is CC(=O)N1c2ccc(S(=O)(=O)NC3(c4noc(C)n4)CCCCCC3)cc2CC1C. The van der Waals surface area contributed by atoms with Crippen molar-refractivity contribution in [3.8, 4) is 0 Å². The number of aromatic nitrogens is 2. The van der Waals surface area contributed by atoms with E-state index in [0.29, 0.717) is 31.0 Å². The first kappa shape index (κ1) is 21.0. The number of nitrogens with zero attached hydrogens (tertiary/aromatic N) is 3. The van der Waals surface area contributed by atoms with Crippen molar-refractivity contribution in [2.24, 2.45) is 0 Å². The van der Waals surface area contributed by atoms with Crippen LogP contribution in [0.25, 0.3) is 0 Å². The number of rotatable bonds is 4. The minimum Gasteiger partial charge on any atom is -0.340 e. The molecule has 2 aromatic rings. The van der Waals surface area contributed by atoms with E-state index in [1.54, 1.807) is 30.0 Å². The van der Waals surface area contributed by atoms with Gasteiger partial charge < -0.3 is 9.42 Å². The van der Waals surface area contributed by atoms with E-state index in [1.165, 1.54) is 6.92 Å². The van der Waals surface area contributed by atoms with Crippen LogP contribution in [-0.4, -0.2) is 30.5 Å². The zero-order valence-electron chi connectivity index (χ0n) is 17.6. The zero-order chi connectivity index (χ0) is 21.5. The van der Waals surface area contributed by atoms with Gasteiger partial charge in [0.15, 0.2) is 5.82 Å². The van der Waals surface area contributed by atoms with Gasteiger partial charge in [-0.3, -0.25) is 4.79 Å². The van der Waals surface area contributed by atoms with E-state index in [0.717, 1.165) is 36.9 Å². The lowest BCUT2D eigenvalue weighted by Crippen LogP contribution is -2.46. The summed E-state index contributed by atoms with van der Waals surface area (Å²) in [5.74, 6) is 0.784. The highest BCUT2D eigenvalue weighted by Crippen LogP contribution is 2.38. The summed E-state index contributed by atoms with van der Waals surface area (Å²) in [6, 6.07) is 5.00. The molecule has 0 spiro atoms. The molecule has 1 aliphatic carbocycles. The number of nitrogens with one attached hydrogen (secondary N) is 1. The van der Waals surface area contributed by atoms with Crippen molar-refractivity contribution in [1.82, 2.24) is 14.9 Å². The Labute approximate surface area is 177 Å². The third-order valence-electron chi connectivity index (χ3n) is 6.16. The normalized spacial score (nSPS) is 21.3. The van der Waals surface area contributed by atoms with Gasteiger partial charge in [-0.15, -0.1) is 0 Å². The highest BCUT2D eigenvalue weighted by Gasteiger charge is 2.41. The number of carbonyl (C=O) groups excluding carboxylic acids is 1. The first-order valence-corrected chi connectivity index (χ1v) is 12.0. The number of hydrogen-bond acceptors (Lipinski definition) is 6. The fourth-order valence-corrected chi connectivity index (χ4v) is 6.24. The predicted octanol–water partition coefficient (Wildman–Crippen LogP) is 3.20. The molecule has 0 saturated heterocycles. The van der Waals surface area contributed by atoms with Crippen molar-refractivity contribution in [2.75, 3.05) is 4.90 Å². The van der Waals surface area contributed by atoms with Crippen LogP contribution in [0.5, 0.6) is 0 Å². The van der Waals surface area contributed by atoms with E-state index >= 15 is 0 Å². The molecule has 1 N–H and O–H groups in total. The Morgan fingerprint density at radius 1 is 1.23 bits per heavy atom. The van der Waals surface area contributed by atoms with Crippen LogP contribution in [0.1, 0.15) is 69.7 Å². The molecule has 0 radical (unpaired) electrons. The van der Waals surface area contributed by atoms with Gasteiger partial charge >= 0.3 is 0 Å². The Hall–Kier alpha value is -2.26. The number of benzene rings is 1. The summed E-state index contributed by atoms with van der Waals surface area (Å²) >= 11 is 0. The predicted molar refractivity (Wildman–Crippen MR) is 112 cm³/mol. The summed E-state index contributed by atoms with van der Waals surface area (Å²) in [5.41, 5.74) is 0.781. The van der Waals surface area contributed by atoms with E-state index in [1.807, 2.05) is 6.92 Å². The van der Waals surface area contributed by atoms with Crippen LogP contribution in [0, 0.1) is 6.92 Å². The molecule has 2 aliphatic rings. The van der Waals surface area contributed by atoms with Gasteiger partial charge in [-0.05, 0) is 49.9 Å². The van der Waals surface area contributed by atoms with Gasteiger partial charge in [0.1, 0.15) is 0 Å². The number of aryl methyl sites for hydroxylation is 1. The topological polar surface area (TPSA) is 105 Å². The standard InChI is InChI=1S/C21H28N4O4S/c1-14-12-17-13-18(8-9-19(17)25(14)16(3)26)30(27,28)24-21(10-6-4-5-7-11-21)20-22-15(2)29-23-20/h8-9,13-14,24H,4-7,10-12H2,1-3H3. The molecule has 1 atom stereocenters. The average molecular weight is 433 g/mol. The third kappa shape index (κ3) is 3.76. The van der Waals surface area contributed by atoms with Gasteiger partial charge in [-0.25, -0.2) is 8.42 Å². The molecule has 1 saturated carbocycles. The van der Waals surface area contributed by atoms with E-state index < -0.39 is 15.6 Å². The Morgan fingerprint density at radius 3 is 2.53 bits per heavy atom. The van der Waals surface area contributed by atoms with Gasteiger partial charge in [0.25, 0.3) is 0 Å². The van der Waals surface area contributed by atoms with E-state index in [-0.39, 0.29) is 16.8 Å². The highest BCUT2D eigenvalue weighted by atomic mass is 32.2. The van der Waals surface area contributed by atoms with Gasteiger partial charge in [-0.2, -0.15) is 9.71 Å². The Balaban J connectivity index is 1.69. The number of fused-ring (bicyclic) bond motifs is 1. The summed E-state index contributed by atoms with van der Waals surface area (Å²) in [4.78, 5) is 18.3. The van der Waals surface area contributed by atoms with Crippen molar-refractivity contribution >= 4 is 21.6 Å². The Morgan fingerprint density at radius 2 is 1.93 bits per heavy atom. The maximum Gasteiger partial charge on any atom is 0.241 e. The Bertz CT molecular complexity index is 1050. The molecule has 8 nitrogen and oxygen atoms in total. The summed E-state index contributed by atoms with van der Waals surface area (Å²) in [5, 5.41) is 4.07. The van der Waals surface area contributed by atoms with Crippen LogP contribution in [0.4, 0.5) is 5.69 Å². The number of hydrogen-bond donors (Lipinski definition) is 1. The van der Waals surface area contributed by atoms with Crippen LogP contribution < -0.4 is 9.62 Å². The summed E-state index contributed by atoms with van der Waals surface area (Å²) < 4.78 is 34.9.